The summed E-state index contributed by atoms with van der Waals surface area (Å²) in [6, 6.07) is 6.74. The molecule has 0 radical (unpaired) electrons. The summed E-state index contributed by atoms with van der Waals surface area (Å²) >= 11 is 5.98. The van der Waals surface area contributed by atoms with Crippen molar-refractivity contribution in [2.45, 2.75) is 37.3 Å². The fraction of sp³-hybridized carbons (Fsp3) is 0.556. The highest BCUT2D eigenvalue weighted by molar-refractivity contribution is 7.99. The number of thiocarbonyl (C=S) groups is 1. The predicted molar refractivity (Wildman–Crippen MR) is 107 cm³/mol. The number of rotatable bonds is 6. The van der Waals surface area contributed by atoms with Gasteiger partial charge in [0.05, 0.1) is 5.92 Å². The van der Waals surface area contributed by atoms with Gasteiger partial charge in [0.2, 0.25) is 5.91 Å². The molecule has 8 heteroatoms. The number of hydrogen-bond donors (Lipinski definition) is 2. The van der Waals surface area contributed by atoms with Crippen LogP contribution in [0.25, 0.3) is 0 Å². The van der Waals surface area contributed by atoms with Gasteiger partial charge in [-0.3, -0.25) is 4.79 Å². The van der Waals surface area contributed by atoms with Crippen LogP contribution in [-0.4, -0.2) is 41.3 Å². The molecule has 0 saturated carbocycles. The van der Waals surface area contributed by atoms with Crippen LogP contribution in [0.3, 0.4) is 0 Å². The number of benzene rings is 1. The van der Waals surface area contributed by atoms with Gasteiger partial charge in [-0.25, -0.2) is 0 Å². The average Bonchev–Trinajstić information content (AvgIpc) is 2.61. The first-order chi connectivity index (χ1) is 12.3. The number of anilines is 1. The molecule has 1 aliphatic heterocycles. The average molecular weight is 402 g/mol. The molecule has 1 saturated heterocycles. The fourth-order valence-corrected chi connectivity index (χ4v) is 3.53. The maximum absolute atomic E-state index is 12.4. The van der Waals surface area contributed by atoms with Crippen molar-refractivity contribution in [1.29, 1.82) is 0 Å². The third-order valence-electron chi connectivity index (χ3n) is 4.09. The second-order valence-electron chi connectivity index (χ2n) is 6.76. The summed E-state index contributed by atoms with van der Waals surface area (Å²) in [5.74, 6) is -1.98. The Balaban J connectivity index is 1.87. The Morgan fingerprint density at radius 1 is 1.35 bits per heavy atom. The van der Waals surface area contributed by atoms with E-state index >= 15 is 0 Å². The standard InChI is InChI=1S/C18H25F2N3OS2/c1-12(2)10-21-16(24)13-4-3-9-23(11-13)18(25)22-14-5-7-15(8-6-14)26-17(19)20/h5-8,12-13,17H,3-4,9-11H2,1-2H3,(H,21,24)(H,22,25). The van der Waals surface area contributed by atoms with Crippen molar-refractivity contribution in [1.82, 2.24) is 10.2 Å². The summed E-state index contributed by atoms with van der Waals surface area (Å²) in [7, 11) is 0. The van der Waals surface area contributed by atoms with Gasteiger partial charge in [-0.15, -0.1) is 0 Å². The monoisotopic (exact) mass is 401 g/mol. The Labute approximate surface area is 163 Å². The van der Waals surface area contributed by atoms with Gasteiger partial charge in [0.25, 0.3) is 5.76 Å². The van der Waals surface area contributed by atoms with Gasteiger partial charge in [-0.05, 0) is 55.2 Å². The zero-order chi connectivity index (χ0) is 19.1. The molecule has 26 heavy (non-hydrogen) atoms. The van der Waals surface area contributed by atoms with Crippen LogP contribution in [0.2, 0.25) is 0 Å². The fourth-order valence-electron chi connectivity index (χ4n) is 2.75. The number of amides is 1. The molecular formula is C18H25F2N3OS2. The molecule has 0 aromatic heterocycles. The number of alkyl halides is 2. The first-order valence-electron chi connectivity index (χ1n) is 8.73. The maximum atomic E-state index is 12.4. The molecule has 2 N–H and O–H groups in total. The normalized spacial score (nSPS) is 17.5. The molecule has 0 aliphatic carbocycles. The molecule has 1 atom stereocenters. The number of carbonyl (C=O) groups is 1. The Bertz CT molecular complexity index is 611. The highest BCUT2D eigenvalue weighted by Crippen LogP contribution is 2.26. The first-order valence-corrected chi connectivity index (χ1v) is 10.0. The second kappa shape index (κ2) is 10.1. The van der Waals surface area contributed by atoms with E-state index in [0.717, 1.165) is 25.1 Å². The van der Waals surface area contributed by atoms with Crippen LogP contribution in [0.1, 0.15) is 26.7 Å². The van der Waals surface area contributed by atoms with Gasteiger partial charge < -0.3 is 15.5 Å². The van der Waals surface area contributed by atoms with Gasteiger partial charge in [0.1, 0.15) is 0 Å². The van der Waals surface area contributed by atoms with Crippen molar-refractivity contribution in [3.63, 3.8) is 0 Å². The molecule has 1 amide bonds. The molecule has 1 fully saturated rings. The lowest BCUT2D eigenvalue weighted by molar-refractivity contribution is -0.126. The van der Waals surface area contributed by atoms with Crippen molar-refractivity contribution in [3.05, 3.63) is 24.3 Å². The van der Waals surface area contributed by atoms with Crippen LogP contribution in [0.4, 0.5) is 14.5 Å². The Morgan fingerprint density at radius 3 is 2.65 bits per heavy atom. The number of nitrogens with zero attached hydrogens (tertiary/aromatic N) is 1. The van der Waals surface area contributed by atoms with Gasteiger partial charge in [-0.1, -0.05) is 25.6 Å². The van der Waals surface area contributed by atoms with Gasteiger partial charge >= 0.3 is 0 Å². The van der Waals surface area contributed by atoms with Crippen molar-refractivity contribution >= 4 is 40.7 Å². The number of thioether (sulfide) groups is 1. The van der Waals surface area contributed by atoms with E-state index in [-0.39, 0.29) is 11.8 Å². The maximum Gasteiger partial charge on any atom is 0.288 e. The van der Waals surface area contributed by atoms with E-state index in [0.29, 0.717) is 40.8 Å². The van der Waals surface area contributed by atoms with Gasteiger partial charge in [0.15, 0.2) is 5.11 Å². The molecule has 144 valence electrons. The van der Waals surface area contributed by atoms with Crippen molar-refractivity contribution < 1.29 is 13.6 Å². The lowest BCUT2D eigenvalue weighted by Gasteiger charge is -2.34. The lowest BCUT2D eigenvalue weighted by Crippen LogP contribution is -2.47. The van der Waals surface area contributed by atoms with E-state index in [9.17, 15) is 13.6 Å². The van der Waals surface area contributed by atoms with Crippen LogP contribution < -0.4 is 10.6 Å². The zero-order valence-electron chi connectivity index (χ0n) is 15.0. The summed E-state index contributed by atoms with van der Waals surface area (Å²) in [4.78, 5) is 14.8. The van der Waals surface area contributed by atoms with Gasteiger partial charge in [0, 0.05) is 30.2 Å². The van der Waals surface area contributed by atoms with Crippen molar-refractivity contribution in [3.8, 4) is 0 Å². The zero-order valence-corrected chi connectivity index (χ0v) is 16.6. The number of halogens is 2. The number of carbonyl (C=O) groups excluding carboxylic acids is 1. The SMILES string of the molecule is CC(C)CNC(=O)C1CCCN(C(=S)Nc2ccc(SC(F)F)cc2)C1. The number of nitrogens with one attached hydrogen (secondary N) is 2. The summed E-state index contributed by atoms with van der Waals surface area (Å²) in [6.07, 6.45) is 1.77. The predicted octanol–water partition coefficient (Wildman–Crippen LogP) is 4.18. The molecule has 4 nitrogen and oxygen atoms in total. The summed E-state index contributed by atoms with van der Waals surface area (Å²) in [5.41, 5.74) is 0.750. The van der Waals surface area contributed by atoms with E-state index in [1.807, 2.05) is 4.90 Å². The molecule has 0 spiro atoms. The highest BCUT2D eigenvalue weighted by Gasteiger charge is 2.27. The largest absolute Gasteiger partial charge is 0.356 e. The van der Waals surface area contributed by atoms with Gasteiger partial charge in [-0.2, -0.15) is 8.78 Å². The molecular weight excluding hydrogens is 376 g/mol. The molecule has 1 aromatic carbocycles. The van der Waals surface area contributed by atoms with Crippen LogP contribution >= 0.6 is 24.0 Å². The van der Waals surface area contributed by atoms with E-state index in [1.54, 1.807) is 24.3 Å². The van der Waals surface area contributed by atoms with E-state index < -0.39 is 5.76 Å². The Hall–Kier alpha value is -1.41. The number of piperidine rings is 1. The van der Waals surface area contributed by atoms with E-state index in [4.69, 9.17) is 12.2 Å². The molecule has 2 rings (SSSR count). The van der Waals surface area contributed by atoms with E-state index in [1.165, 1.54) is 0 Å². The van der Waals surface area contributed by atoms with Crippen LogP contribution in [0.15, 0.2) is 29.2 Å². The summed E-state index contributed by atoms with van der Waals surface area (Å²) < 4.78 is 24.7. The second-order valence-corrected chi connectivity index (χ2v) is 8.21. The number of likely N-dealkylation sites (tertiary alicyclic amines) is 1. The van der Waals surface area contributed by atoms with Crippen LogP contribution in [-0.2, 0) is 4.79 Å². The Morgan fingerprint density at radius 2 is 2.04 bits per heavy atom. The quantitative estimate of drug-likeness (QED) is 0.553. The third kappa shape index (κ3) is 6.72. The lowest BCUT2D eigenvalue weighted by atomic mass is 9.97. The van der Waals surface area contributed by atoms with Crippen molar-refractivity contribution in [2.75, 3.05) is 25.0 Å². The molecule has 1 aliphatic rings. The Kier molecular flexibility index (Phi) is 8.09. The smallest absolute Gasteiger partial charge is 0.288 e. The topological polar surface area (TPSA) is 44.4 Å². The summed E-state index contributed by atoms with van der Waals surface area (Å²) in [6.45, 7) is 6.21. The first kappa shape index (κ1) is 20.9. The third-order valence-corrected chi connectivity index (χ3v) is 5.18. The highest BCUT2D eigenvalue weighted by atomic mass is 32.2. The van der Waals surface area contributed by atoms with E-state index in [2.05, 4.69) is 24.5 Å². The minimum absolute atomic E-state index is 0.0629. The molecule has 1 aromatic rings. The summed E-state index contributed by atoms with van der Waals surface area (Å²) in [5, 5.41) is 6.68. The van der Waals surface area contributed by atoms with Crippen LogP contribution in [0.5, 0.6) is 0 Å². The van der Waals surface area contributed by atoms with Crippen molar-refractivity contribution in [2.24, 2.45) is 11.8 Å². The molecule has 1 heterocycles. The molecule has 0 bridgehead atoms. The van der Waals surface area contributed by atoms with Crippen LogP contribution in [0, 0.1) is 11.8 Å². The molecule has 1 unspecified atom stereocenters. The minimum atomic E-state index is -2.43. The number of hydrogen-bond acceptors (Lipinski definition) is 3. The minimum Gasteiger partial charge on any atom is -0.356 e.